The molecule has 0 saturated carbocycles. The highest BCUT2D eigenvalue weighted by atomic mass is 16.5. The first kappa shape index (κ1) is 16.3. The SMILES string of the molecule is CCNC(=NCc1cccc2ccccc12)NC(C)COC. The molecule has 0 bridgehead atoms. The number of aliphatic imine (C=N–C) groups is 1. The lowest BCUT2D eigenvalue weighted by Crippen LogP contribution is -2.43. The van der Waals surface area contributed by atoms with E-state index in [0.717, 1.165) is 12.5 Å². The van der Waals surface area contributed by atoms with Gasteiger partial charge in [-0.05, 0) is 30.2 Å². The van der Waals surface area contributed by atoms with Crippen LogP contribution in [-0.4, -0.2) is 32.3 Å². The molecule has 2 rings (SSSR count). The molecule has 4 heteroatoms. The number of rotatable bonds is 6. The molecule has 0 saturated heterocycles. The van der Waals surface area contributed by atoms with Crippen LogP contribution in [0.3, 0.4) is 0 Å². The Hall–Kier alpha value is -2.07. The van der Waals surface area contributed by atoms with Crippen LogP contribution in [0.15, 0.2) is 47.5 Å². The maximum atomic E-state index is 5.16. The second-order valence-corrected chi connectivity index (χ2v) is 5.33. The van der Waals surface area contributed by atoms with Gasteiger partial charge in [0.15, 0.2) is 5.96 Å². The summed E-state index contributed by atoms with van der Waals surface area (Å²) in [5, 5.41) is 9.13. The normalized spacial score (nSPS) is 13.1. The van der Waals surface area contributed by atoms with Crippen molar-refractivity contribution in [3.05, 3.63) is 48.0 Å². The average molecular weight is 299 g/mol. The number of hydrogen-bond donors (Lipinski definition) is 2. The lowest BCUT2D eigenvalue weighted by Gasteiger charge is -2.17. The summed E-state index contributed by atoms with van der Waals surface area (Å²) in [6, 6.07) is 15.0. The molecule has 0 spiro atoms. The first-order chi connectivity index (χ1) is 10.7. The molecule has 118 valence electrons. The molecule has 1 atom stereocenters. The van der Waals surface area contributed by atoms with Crippen LogP contribution in [0.2, 0.25) is 0 Å². The second kappa shape index (κ2) is 8.39. The standard InChI is InChI=1S/C18H25N3O/c1-4-19-18(21-14(2)13-22-3)20-12-16-10-7-9-15-8-5-6-11-17(15)16/h5-11,14H,4,12-13H2,1-3H3,(H2,19,20,21). The Morgan fingerprint density at radius 1 is 1.18 bits per heavy atom. The van der Waals surface area contributed by atoms with Crippen molar-refractivity contribution in [3.8, 4) is 0 Å². The first-order valence-electron chi connectivity index (χ1n) is 7.75. The Kier molecular flexibility index (Phi) is 6.22. The number of fused-ring (bicyclic) bond motifs is 1. The van der Waals surface area contributed by atoms with Gasteiger partial charge in [-0.2, -0.15) is 0 Å². The summed E-state index contributed by atoms with van der Waals surface area (Å²) in [6.45, 7) is 6.28. The zero-order valence-corrected chi connectivity index (χ0v) is 13.6. The van der Waals surface area contributed by atoms with Crippen molar-refractivity contribution in [1.29, 1.82) is 0 Å². The van der Waals surface area contributed by atoms with Gasteiger partial charge >= 0.3 is 0 Å². The summed E-state index contributed by atoms with van der Waals surface area (Å²) in [4.78, 5) is 4.69. The lowest BCUT2D eigenvalue weighted by molar-refractivity contribution is 0.179. The number of guanidine groups is 1. The Bertz CT molecular complexity index is 619. The zero-order chi connectivity index (χ0) is 15.8. The second-order valence-electron chi connectivity index (χ2n) is 5.33. The zero-order valence-electron chi connectivity index (χ0n) is 13.6. The smallest absolute Gasteiger partial charge is 0.191 e. The number of nitrogens with zero attached hydrogens (tertiary/aromatic N) is 1. The van der Waals surface area contributed by atoms with Crippen molar-refractivity contribution < 1.29 is 4.74 Å². The molecule has 4 nitrogen and oxygen atoms in total. The van der Waals surface area contributed by atoms with Gasteiger partial charge in [-0.15, -0.1) is 0 Å². The van der Waals surface area contributed by atoms with E-state index in [-0.39, 0.29) is 6.04 Å². The maximum absolute atomic E-state index is 5.16. The fraction of sp³-hybridized carbons (Fsp3) is 0.389. The minimum Gasteiger partial charge on any atom is -0.383 e. The van der Waals surface area contributed by atoms with Crippen molar-refractivity contribution in [1.82, 2.24) is 10.6 Å². The Morgan fingerprint density at radius 3 is 2.73 bits per heavy atom. The molecule has 0 radical (unpaired) electrons. The van der Waals surface area contributed by atoms with Gasteiger partial charge in [0.1, 0.15) is 0 Å². The predicted octanol–water partition coefficient (Wildman–Crippen LogP) is 2.93. The number of benzene rings is 2. The lowest BCUT2D eigenvalue weighted by atomic mass is 10.1. The van der Waals surface area contributed by atoms with Gasteiger partial charge in [-0.1, -0.05) is 42.5 Å². The summed E-state index contributed by atoms with van der Waals surface area (Å²) in [5.41, 5.74) is 1.23. The van der Waals surface area contributed by atoms with Crippen molar-refractivity contribution >= 4 is 16.7 Å². The van der Waals surface area contributed by atoms with E-state index in [2.05, 4.69) is 66.9 Å². The topological polar surface area (TPSA) is 45.7 Å². The molecule has 0 amide bonds. The van der Waals surface area contributed by atoms with E-state index in [1.54, 1.807) is 7.11 Å². The molecule has 22 heavy (non-hydrogen) atoms. The van der Waals surface area contributed by atoms with Crippen molar-refractivity contribution in [2.24, 2.45) is 4.99 Å². The van der Waals surface area contributed by atoms with Gasteiger partial charge in [0.2, 0.25) is 0 Å². The fourth-order valence-electron chi connectivity index (χ4n) is 2.44. The molecule has 1 unspecified atom stereocenters. The minimum absolute atomic E-state index is 0.218. The highest BCUT2D eigenvalue weighted by Gasteiger charge is 2.05. The number of nitrogens with one attached hydrogen (secondary N) is 2. The van der Waals surface area contributed by atoms with Gasteiger partial charge in [-0.3, -0.25) is 0 Å². The number of ether oxygens (including phenoxy) is 1. The Balaban J connectivity index is 2.15. The number of hydrogen-bond acceptors (Lipinski definition) is 2. The van der Waals surface area contributed by atoms with Crippen LogP contribution in [0.5, 0.6) is 0 Å². The van der Waals surface area contributed by atoms with E-state index in [0.29, 0.717) is 13.2 Å². The molecule has 0 aliphatic rings. The third kappa shape index (κ3) is 4.46. The van der Waals surface area contributed by atoms with Gasteiger partial charge in [0, 0.05) is 19.7 Å². The molecule has 0 aliphatic heterocycles. The van der Waals surface area contributed by atoms with E-state index in [1.807, 2.05) is 0 Å². The predicted molar refractivity (Wildman–Crippen MR) is 93.2 cm³/mol. The highest BCUT2D eigenvalue weighted by Crippen LogP contribution is 2.19. The molecule has 2 aromatic rings. The summed E-state index contributed by atoms with van der Waals surface area (Å²) in [5.74, 6) is 0.819. The third-order valence-electron chi connectivity index (χ3n) is 3.43. The van der Waals surface area contributed by atoms with E-state index >= 15 is 0 Å². The fourth-order valence-corrected chi connectivity index (χ4v) is 2.44. The Morgan fingerprint density at radius 2 is 1.95 bits per heavy atom. The molecule has 2 aromatic carbocycles. The molecule has 2 N–H and O–H groups in total. The van der Waals surface area contributed by atoms with Crippen molar-refractivity contribution in [2.75, 3.05) is 20.3 Å². The van der Waals surface area contributed by atoms with Gasteiger partial charge in [-0.25, -0.2) is 4.99 Å². The molecule has 0 aromatic heterocycles. The van der Waals surface area contributed by atoms with Crippen LogP contribution in [0.25, 0.3) is 10.8 Å². The molecule has 0 fully saturated rings. The van der Waals surface area contributed by atoms with Gasteiger partial charge in [0.25, 0.3) is 0 Å². The van der Waals surface area contributed by atoms with E-state index in [9.17, 15) is 0 Å². The Labute approximate surface area is 132 Å². The van der Waals surface area contributed by atoms with Crippen molar-refractivity contribution in [2.45, 2.75) is 26.4 Å². The maximum Gasteiger partial charge on any atom is 0.191 e. The molecule has 0 aliphatic carbocycles. The number of methoxy groups -OCH3 is 1. The molecular weight excluding hydrogens is 274 g/mol. The van der Waals surface area contributed by atoms with E-state index < -0.39 is 0 Å². The van der Waals surface area contributed by atoms with Gasteiger partial charge < -0.3 is 15.4 Å². The first-order valence-corrected chi connectivity index (χ1v) is 7.75. The van der Waals surface area contributed by atoms with Crippen LogP contribution >= 0.6 is 0 Å². The largest absolute Gasteiger partial charge is 0.383 e. The van der Waals surface area contributed by atoms with E-state index in [4.69, 9.17) is 9.73 Å². The quantitative estimate of drug-likeness (QED) is 0.637. The molecule has 0 heterocycles. The van der Waals surface area contributed by atoms with Gasteiger partial charge in [0.05, 0.1) is 13.2 Å². The summed E-state index contributed by atoms with van der Waals surface area (Å²) in [7, 11) is 1.71. The highest BCUT2D eigenvalue weighted by molar-refractivity contribution is 5.86. The van der Waals surface area contributed by atoms with Crippen LogP contribution in [-0.2, 0) is 11.3 Å². The molecular formula is C18H25N3O. The minimum atomic E-state index is 0.218. The van der Waals surface area contributed by atoms with E-state index in [1.165, 1.54) is 16.3 Å². The van der Waals surface area contributed by atoms with Crippen LogP contribution in [0.4, 0.5) is 0 Å². The van der Waals surface area contributed by atoms with Crippen LogP contribution in [0.1, 0.15) is 19.4 Å². The average Bonchev–Trinajstić information content (AvgIpc) is 2.53. The van der Waals surface area contributed by atoms with Crippen molar-refractivity contribution in [3.63, 3.8) is 0 Å². The summed E-state index contributed by atoms with van der Waals surface area (Å²) in [6.07, 6.45) is 0. The van der Waals surface area contributed by atoms with Crippen LogP contribution < -0.4 is 10.6 Å². The monoisotopic (exact) mass is 299 g/mol. The summed E-state index contributed by atoms with van der Waals surface area (Å²) < 4.78 is 5.16. The third-order valence-corrected chi connectivity index (χ3v) is 3.43. The van der Waals surface area contributed by atoms with Crippen LogP contribution in [0, 0.1) is 0 Å². The summed E-state index contributed by atoms with van der Waals surface area (Å²) >= 11 is 0.